The van der Waals surface area contributed by atoms with Crippen molar-refractivity contribution in [1.82, 2.24) is 9.80 Å². The fourth-order valence-electron chi connectivity index (χ4n) is 3.29. The number of halogens is 1. The van der Waals surface area contributed by atoms with E-state index < -0.39 is 0 Å². The van der Waals surface area contributed by atoms with Crippen LogP contribution >= 0.6 is 0 Å². The summed E-state index contributed by atoms with van der Waals surface area (Å²) >= 11 is 0. The number of rotatable bonds is 7. The SMILES string of the molecule is COc1ccc(CCC(=O)N2CCN(CC(=O)c3ccc(F)cc3)CC2)cc1. The van der Waals surface area contributed by atoms with Gasteiger partial charge in [0.1, 0.15) is 11.6 Å². The van der Waals surface area contributed by atoms with Crippen molar-refractivity contribution in [1.29, 1.82) is 0 Å². The molecule has 1 heterocycles. The fourth-order valence-corrected chi connectivity index (χ4v) is 3.29. The lowest BCUT2D eigenvalue weighted by Gasteiger charge is -2.34. The van der Waals surface area contributed by atoms with Crippen LogP contribution in [0.4, 0.5) is 4.39 Å². The van der Waals surface area contributed by atoms with Gasteiger partial charge in [0.15, 0.2) is 5.78 Å². The lowest BCUT2D eigenvalue weighted by Crippen LogP contribution is -2.49. The summed E-state index contributed by atoms with van der Waals surface area (Å²) in [6.45, 7) is 2.87. The number of ether oxygens (including phenoxy) is 1. The van der Waals surface area contributed by atoms with Crippen LogP contribution in [0.25, 0.3) is 0 Å². The maximum Gasteiger partial charge on any atom is 0.222 e. The molecule has 1 aliphatic heterocycles. The number of ketones is 1. The molecule has 148 valence electrons. The maximum atomic E-state index is 13.0. The summed E-state index contributed by atoms with van der Waals surface area (Å²) in [6, 6.07) is 13.4. The molecule has 1 amide bonds. The van der Waals surface area contributed by atoms with Crippen molar-refractivity contribution in [3.63, 3.8) is 0 Å². The molecule has 28 heavy (non-hydrogen) atoms. The second-order valence-electron chi connectivity index (χ2n) is 6.94. The summed E-state index contributed by atoms with van der Waals surface area (Å²) in [5, 5.41) is 0. The Bertz CT molecular complexity index is 798. The zero-order chi connectivity index (χ0) is 19.9. The van der Waals surface area contributed by atoms with E-state index in [1.54, 1.807) is 7.11 Å². The first kappa shape index (κ1) is 20.0. The summed E-state index contributed by atoms with van der Waals surface area (Å²) in [4.78, 5) is 28.7. The van der Waals surface area contributed by atoms with Gasteiger partial charge in [-0.3, -0.25) is 14.5 Å². The van der Waals surface area contributed by atoms with E-state index in [0.29, 0.717) is 51.1 Å². The number of piperazine rings is 1. The van der Waals surface area contributed by atoms with Gasteiger partial charge in [0, 0.05) is 38.2 Å². The normalized spacial score (nSPS) is 14.7. The molecule has 2 aromatic rings. The number of aryl methyl sites for hydroxylation is 1. The Kier molecular flexibility index (Phi) is 6.76. The maximum absolute atomic E-state index is 13.0. The third kappa shape index (κ3) is 5.39. The quantitative estimate of drug-likeness (QED) is 0.689. The molecular weight excluding hydrogens is 359 g/mol. The zero-order valence-corrected chi connectivity index (χ0v) is 16.1. The van der Waals surface area contributed by atoms with Gasteiger partial charge in [0.05, 0.1) is 13.7 Å². The Morgan fingerprint density at radius 1 is 0.964 bits per heavy atom. The molecule has 0 bridgehead atoms. The molecule has 5 nitrogen and oxygen atoms in total. The van der Waals surface area contributed by atoms with E-state index in [4.69, 9.17) is 4.74 Å². The first-order chi connectivity index (χ1) is 13.5. The number of Topliss-reactive ketones (excluding diaryl/α,β-unsaturated/α-hetero) is 1. The predicted octanol–water partition coefficient (Wildman–Crippen LogP) is 2.79. The van der Waals surface area contributed by atoms with Crippen molar-refractivity contribution < 1.29 is 18.7 Å². The van der Waals surface area contributed by atoms with E-state index in [-0.39, 0.29) is 17.5 Å². The van der Waals surface area contributed by atoms with Crippen molar-refractivity contribution in [2.75, 3.05) is 39.8 Å². The van der Waals surface area contributed by atoms with Gasteiger partial charge in [-0.2, -0.15) is 0 Å². The molecule has 0 aromatic heterocycles. The van der Waals surface area contributed by atoms with Crippen LogP contribution in [-0.4, -0.2) is 61.3 Å². The number of carbonyl (C=O) groups is 2. The minimum Gasteiger partial charge on any atom is -0.497 e. The van der Waals surface area contributed by atoms with Gasteiger partial charge in [-0.15, -0.1) is 0 Å². The van der Waals surface area contributed by atoms with Crippen LogP contribution in [0.2, 0.25) is 0 Å². The van der Waals surface area contributed by atoms with Crippen LogP contribution in [0.1, 0.15) is 22.3 Å². The Morgan fingerprint density at radius 3 is 2.21 bits per heavy atom. The van der Waals surface area contributed by atoms with Crippen LogP contribution in [0.5, 0.6) is 5.75 Å². The van der Waals surface area contributed by atoms with Gasteiger partial charge in [0.2, 0.25) is 5.91 Å². The summed E-state index contributed by atoms with van der Waals surface area (Å²) < 4.78 is 18.1. The molecule has 0 radical (unpaired) electrons. The summed E-state index contributed by atoms with van der Waals surface area (Å²) in [5.41, 5.74) is 1.62. The first-order valence-corrected chi connectivity index (χ1v) is 9.47. The molecule has 3 rings (SSSR count). The van der Waals surface area contributed by atoms with E-state index in [1.807, 2.05) is 34.1 Å². The van der Waals surface area contributed by atoms with Crippen LogP contribution in [0.15, 0.2) is 48.5 Å². The highest BCUT2D eigenvalue weighted by Crippen LogP contribution is 2.14. The number of carbonyl (C=O) groups excluding carboxylic acids is 2. The van der Waals surface area contributed by atoms with Crippen molar-refractivity contribution in [3.8, 4) is 5.75 Å². The molecule has 0 aliphatic carbocycles. The molecule has 1 fully saturated rings. The van der Waals surface area contributed by atoms with Gasteiger partial charge in [-0.05, 0) is 48.4 Å². The predicted molar refractivity (Wildman–Crippen MR) is 105 cm³/mol. The monoisotopic (exact) mass is 384 g/mol. The third-order valence-electron chi connectivity index (χ3n) is 5.05. The number of hydrogen-bond donors (Lipinski definition) is 0. The summed E-state index contributed by atoms with van der Waals surface area (Å²) in [5.74, 6) is 0.569. The summed E-state index contributed by atoms with van der Waals surface area (Å²) in [6.07, 6.45) is 1.17. The highest BCUT2D eigenvalue weighted by Gasteiger charge is 2.22. The van der Waals surface area contributed by atoms with Gasteiger partial charge >= 0.3 is 0 Å². The molecule has 0 saturated carbocycles. The van der Waals surface area contributed by atoms with Crippen molar-refractivity contribution in [3.05, 3.63) is 65.5 Å². The molecule has 2 aromatic carbocycles. The fraction of sp³-hybridized carbons (Fsp3) is 0.364. The van der Waals surface area contributed by atoms with E-state index in [2.05, 4.69) is 0 Å². The van der Waals surface area contributed by atoms with E-state index in [0.717, 1.165) is 11.3 Å². The Balaban J connectivity index is 1.42. The standard InChI is InChI=1S/C22H25FN2O3/c1-28-20-9-2-17(3-10-20)4-11-22(27)25-14-12-24(13-15-25)16-21(26)18-5-7-19(23)8-6-18/h2-3,5-10H,4,11-16H2,1H3. The van der Waals surface area contributed by atoms with E-state index >= 15 is 0 Å². The molecule has 1 aliphatic rings. The molecule has 0 spiro atoms. The van der Waals surface area contributed by atoms with Crippen LogP contribution in [-0.2, 0) is 11.2 Å². The van der Waals surface area contributed by atoms with Crippen LogP contribution in [0, 0.1) is 5.82 Å². The van der Waals surface area contributed by atoms with Crippen LogP contribution in [0.3, 0.4) is 0 Å². The smallest absolute Gasteiger partial charge is 0.222 e. The Hall–Kier alpha value is -2.73. The number of nitrogens with zero attached hydrogens (tertiary/aromatic N) is 2. The van der Waals surface area contributed by atoms with Gasteiger partial charge in [-0.25, -0.2) is 4.39 Å². The van der Waals surface area contributed by atoms with E-state index in [9.17, 15) is 14.0 Å². The first-order valence-electron chi connectivity index (χ1n) is 9.47. The summed E-state index contributed by atoms with van der Waals surface area (Å²) in [7, 11) is 1.63. The largest absolute Gasteiger partial charge is 0.497 e. The van der Waals surface area contributed by atoms with Crippen LogP contribution < -0.4 is 4.74 Å². The second-order valence-corrected chi connectivity index (χ2v) is 6.94. The molecule has 1 saturated heterocycles. The highest BCUT2D eigenvalue weighted by molar-refractivity contribution is 5.97. The van der Waals surface area contributed by atoms with Gasteiger partial charge < -0.3 is 9.64 Å². The van der Waals surface area contributed by atoms with Gasteiger partial charge in [-0.1, -0.05) is 12.1 Å². The molecular formula is C22H25FN2O3. The highest BCUT2D eigenvalue weighted by atomic mass is 19.1. The van der Waals surface area contributed by atoms with Gasteiger partial charge in [0.25, 0.3) is 0 Å². The van der Waals surface area contributed by atoms with E-state index in [1.165, 1.54) is 24.3 Å². The average Bonchev–Trinajstić information content (AvgIpc) is 2.73. The van der Waals surface area contributed by atoms with Crippen molar-refractivity contribution in [2.45, 2.75) is 12.8 Å². The number of benzene rings is 2. The number of hydrogen-bond acceptors (Lipinski definition) is 4. The lowest BCUT2D eigenvalue weighted by atomic mass is 10.1. The number of methoxy groups -OCH3 is 1. The van der Waals surface area contributed by atoms with Crippen molar-refractivity contribution in [2.24, 2.45) is 0 Å². The molecule has 0 N–H and O–H groups in total. The third-order valence-corrected chi connectivity index (χ3v) is 5.05. The molecule has 0 unspecified atom stereocenters. The molecule has 0 atom stereocenters. The number of amides is 1. The molecule has 6 heteroatoms. The van der Waals surface area contributed by atoms with Crippen molar-refractivity contribution >= 4 is 11.7 Å². The average molecular weight is 384 g/mol. The lowest BCUT2D eigenvalue weighted by molar-refractivity contribution is -0.132. The Morgan fingerprint density at radius 2 is 1.61 bits per heavy atom. The minimum atomic E-state index is -0.349. The Labute approximate surface area is 164 Å². The topological polar surface area (TPSA) is 49.9 Å². The minimum absolute atomic E-state index is 0.0284. The zero-order valence-electron chi connectivity index (χ0n) is 16.1. The second kappa shape index (κ2) is 9.46.